The molecule has 0 saturated heterocycles. The van der Waals surface area contributed by atoms with E-state index in [0.717, 1.165) is 48.8 Å². The predicted molar refractivity (Wildman–Crippen MR) is 80.0 cm³/mol. The van der Waals surface area contributed by atoms with Crippen LogP contribution in [0.3, 0.4) is 0 Å². The number of thiophene rings is 1. The molecule has 9 heteroatoms. The van der Waals surface area contributed by atoms with E-state index in [4.69, 9.17) is 0 Å². The minimum absolute atomic E-state index is 0.0309. The van der Waals surface area contributed by atoms with Crippen LogP contribution in [-0.4, -0.2) is 32.1 Å². The summed E-state index contributed by atoms with van der Waals surface area (Å²) in [5, 5.41) is 21.7. The molecule has 0 fully saturated rings. The molecular weight excluding hydrogens is 306 g/mol. The Bertz CT molecular complexity index is 708. The smallest absolute Gasteiger partial charge is 0.324 e. The number of nitrogens with one attached hydrogen (secondary N) is 1. The maximum Gasteiger partial charge on any atom is 0.324 e. The summed E-state index contributed by atoms with van der Waals surface area (Å²) < 4.78 is 2.12. The standard InChI is InChI=1S/C13H15N5O3S/c19-13(9-4-5-12(22-9)18(20)21)14-7-6-11-16-15-10-3-1-2-8-17(10)11/h4-5H,1-3,6-8H2,(H,14,19). The highest BCUT2D eigenvalue weighted by molar-refractivity contribution is 7.17. The molecule has 0 saturated carbocycles. The predicted octanol–water partition coefficient (Wildman–Crippen LogP) is 1.56. The molecule has 2 aromatic rings. The van der Waals surface area contributed by atoms with Crippen molar-refractivity contribution >= 4 is 22.2 Å². The van der Waals surface area contributed by atoms with Gasteiger partial charge in [0.25, 0.3) is 5.91 Å². The van der Waals surface area contributed by atoms with E-state index in [0.29, 0.717) is 17.8 Å². The number of hydrogen-bond donors (Lipinski definition) is 1. The molecule has 0 radical (unpaired) electrons. The number of aromatic nitrogens is 3. The van der Waals surface area contributed by atoms with Crippen molar-refractivity contribution in [2.75, 3.05) is 6.54 Å². The Morgan fingerprint density at radius 2 is 2.27 bits per heavy atom. The van der Waals surface area contributed by atoms with Crippen molar-refractivity contribution in [3.8, 4) is 0 Å². The fourth-order valence-electron chi connectivity index (χ4n) is 2.48. The quantitative estimate of drug-likeness (QED) is 0.665. The molecule has 0 bridgehead atoms. The Labute approximate surface area is 130 Å². The van der Waals surface area contributed by atoms with Gasteiger partial charge in [0.05, 0.1) is 9.80 Å². The van der Waals surface area contributed by atoms with Crippen LogP contribution < -0.4 is 5.32 Å². The molecule has 116 valence electrons. The van der Waals surface area contributed by atoms with E-state index < -0.39 is 4.92 Å². The lowest BCUT2D eigenvalue weighted by atomic mass is 10.1. The van der Waals surface area contributed by atoms with Gasteiger partial charge in [0, 0.05) is 32.0 Å². The van der Waals surface area contributed by atoms with Gasteiger partial charge in [-0.25, -0.2) is 0 Å². The molecule has 1 N–H and O–H groups in total. The largest absolute Gasteiger partial charge is 0.351 e. The Morgan fingerprint density at radius 1 is 1.41 bits per heavy atom. The summed E-state index contributed by atoms with van der Waals surface area (Å²) in [6.45, 7) is 1.37. The Morgan fingerprint density at radius 3 is 3.05 bits per heavy atom. The van der Waals surface area contributed by atoms with Gasteiger partial charge in [-0.05, 0) is 18.9 Å². The SMILES string of the molecule is O=C(NCCc1nnc2n1CCCC2)c1ccc([N+](=O)[O-])s1. The highest BCUT2D eigenvalue weighted by Gasteiger charge is 2.17. The molecular formula is C13H15N5O3S. The van der Waals surface area contributed by atoms with E-state index in [1.165, 1.54) is 12.1 Å². The molecule has 0 spiro atoms. The van der Waals surface area contributed by atoms with Crippen molar-refractivity contribution in [3.63, 3.8) is 0 Å². The zero-order chi connectivity index (χ0) is 15.5. The van der Waals surface area contributed by atoms with Gasteiger partial charge in [-0.1, -0.05) is 11.3 Å². The number of rotatable bonds is 5. The number of carbonyl (C=O) groups is 1. The number of aryl methyl sites for hydroxylation is 1. The lowest BCUT2D eigenvalue weighted by molar-refractivity contribution is -0.380. The topological polar surface area (TPSA) is 103 Å². The Kier molecular flexibility index (Phi) is 4.14. The van der Waals surface area contributed by atoms with Gasteiger partial charge in [-0.3, -0.25) is 14.9 Å². The average Bonchev–Trinajstić information content (AvgIpc) is 3.14. The molecule has 22 heavy (non-hydrogen) atoms. The van der Waals surface area contributed by atoms with Crippen molar-refractivity contribution < 1.29 is 9.72 Å². The van der Waals surface area contributed by atoms with Crippen molar-refractivity contribution in [2.45, 2.75) is 32.2 Å². The third-order valence-corrected chi connectivity index (χ3v) is 4.60. The van der Waals surface area contributed by atoms with E-state index in [1.807, 2.05) is 0 Å². The third-order valence-electron chi connectivity index (χ3n) is 3.57. The summed E-state index contributed by atoms with van der Waals surface area (Å²) in [5.41, 5.74) is 0. The monoisotopic (exact) mass is 321 g/mol. The second-order valence-corrected chi connectivity index (χ2v) is 6.10. The molecule has 0 aromatic carbocycles. The number of nitro groups is 1. The number of fused-ring (bicyclic) bond motifs is 1. The second-order valence-electron chi connectivity index (χ2n) is 5.04. The number of carbonyl (C=O) groups excluding carboxylic acids is 1. The van der Waals surface area contributed by atoms with Crippen molar-refractivity contribution in [3.05, 3.63) is 38.8 Å². The van der Waals surface area contributed by atoms with Crippen LogP contribution >= 0.6 is 11.3 Å². The van der Waals surface area contributed by atoms with E-state index in [2.05, 4.69) is 20.1 Å². The molecule has 3 heterocycles. The summed E-state index contributed by atoms with van der Waals surface area (Å²) in [7, 11) is 0. The highest BCUT2D eigenvalue weighted by Crippen LogP contribution is 2.23. The number of nitrogens with zero attached hydrogens (tertiary/aromatic N) is 4. The molecule has 8 nitrogen and oxygen atoms in total. The summed E-state index contributed by atoms with van der Waals surface area (Å²) in [6.07, 6.45) is 3.83. The minimum Gasteiger partial charge on any atom is -0.351 e. The molecule has 2 aromatic heterocycles. The van der Waals surface area contributed by atoms with Crippen molar-refractivity contribution in [1.29, 1.82) is 0 Å². The van der Waals surface area contributed by atoms with Crippen LogP contribution in [0.15, 0.2) is 12.1 Å². The van der Waals surface area contributed by atoms with Crippen LogP contribution in [0.2, 0.25) is 0 Å². The van der Waals surface area contributed by atoms with Gasteiger partial charge in [0.15, 0.2) is 0 Å². The van der Waals surface area contributed by atoms with Crippen LogP contribution in [0.4, 0.5) is 5.00 Å². The Hall–Kier alpha value is -2.29. The minimum atomic E-state index is -0.496. The molecule has 1 amide bonds. The third kappa shape index (κ3) is 2.98. The first-order valence-electron chi connectivity index (χ1n) is 7.08. The first-order chi connectivity index (χ1) is 10.6. The molecule has 1 aliphatic rings. The van der Waals surface area contributed by atoms with Crippen LogP contribution in [0.1, 0.15) is 34.2 Å². The first-order valence-corrected chi connectivity index (χ1v) is 7.90. The van der Waals surface area contributed by atoms with Crippen molar-refractivity contribution in [2.24, 2.45) is 0 Å². The molecule has 1 aliphatic heterocycles. The number of hydrogen-bond acceptors (Lipinski definition) is 6. The Balaban J connectivity index is 1.55. The lowest BCUT2D eigenvalue weighted by Crippen LogP contribution is -2.26. The molecule has 0 aliphatic carbocycles. The van der Waals surface area contributed by atoms with Crippen LogP contribution in [0.5, 0.6) is 0 Å². The van der Waals surface area contributed by atoms with E-state index in [9.17, 15) is 14.9 Å². The second kappa shape index (κ2) is 6.22. The fraction of sp³-hybridized carbons (Fsp3) is 0.462. The lowest BCUT2D eigenvalue weighted by Gasteiger charge is -2.14. The summed E-state index contributed by atoms with van der Waals surface area (Å²) in [6, 6.07) is 2.81. The van der Waals surface area contributed by atoms with Crippen molar-refractivity contribution in [1.82, 2.24) is 20.1 Å². The van der Waals surface area contributed by atoms with Crippen LogP contribution in [0.25, 0.3) is 0 Å². The van der Waals surface area contributed by atoms with Gasteiger partial charge < -0.3 is 9.88 Å². The fourth-order valence-corrected chi connectivity index (χ4v) is 3.21. The van der Waals surface area contributed by atoms with Gasteiger partial charge in [-0.15, -0.1) is 10.2 Å². The van der Waals surface area contributed by atoms with Gasteiger partial charge in [-0.2, -0.15) is 0 Å². The van der Waals surface area contributed by atoms with E-state index >= 15 is 0 Å². The average molecular weight is 321 g/mol. The van der Waals surface area contributed by atoms with Gasteiger partial charge >= 0.3 is 5.00 Å². The maximum atomic E-state index is 11.9. The van der Waals surface area contributed by atoms with Gasteiger partial charge in [0.1, 0.15) is 11.6 Å². The van der Waals surface area contributed by atoms with Crippen LogP contribution in [0, 0.1) is 10.1 Å². The normalized spacial score (nSPS) is 13.6. The number of amides is 1. The highest BCUT2D eigenvalue weighted by atomic mass is 32.1. The molecule has 0 unspecified atom stereocenters. The van der Waals surface area contributed by atoms with Gasteiger partial charge in [0.2, 0.25) is 0 Å². The molecule has 3 rings (SSSR count). The van der Waals surface area contributed by atoms with E-state index in [-0.39, 0.29) is 10.9 Å². The summed E-state index contributed by atoms with van der Waals surface area (Å²) in [4.78, 5) is 22.4. The maximum absolute atomic E-state index is 11.9. The first kappa shape index (κ1) is 14.6. The van der Waals surface area contributed by atoms with E-state index in [1.54, 1.807) is 0 Å². The summed E-state index contributed by atoms with van der Waals surface area (Å²) >= 11 is 0.876. The zero-order valence-electron chi connectivity index (χ0n) is 11.8. The molecule has 0 atom stereocenters. The summed E-state index contributed by atoms with van der Waals surface area (Å²) in [5.74, 6) is 1.60. The zero-order valence-corrected chi connectivity index (χ0v) is 12.6. The van der Waals surface area contributed by atoms with Crippen LogP contribution in [-0.2, 0) is 19.4 Å².